The molecule has 0 fully saturated rings. The number of hydrogen-bond donors (Lipinski definition) is 1. The summed E-state index contributed by atoms with van der Waals surface area (Å²) in [6, 6.07) is 13.4. The lowest BCUT2D eigenvalue weighted by Gasteiger charge is -2.32. The van der Waals surface area contributed by atoms with E-state index in [-0.39, 0.29) is 12.5 Å². The first-order valence-corrected chi connectivity index (χ1v) is 13.1. The Kier molecular flexibility index (Phi) is 9.73. The summed E-state index contributed by atoms with van der Waals surface area (Å²) >= 11 is 6.10. The molecule has 0 bridgehead atoms. The van der Waals surface area contributed by atoms with Gasteiger partial charge in [-0.05, 0) is 43.5 Å². The van der Waals surface area contributed by atoms with Crippen LogP contribution in [0.1, 0.15) is 37.8 Å². The van der Waals surface area contributed by atoms with E-state index >= 15 is 0 Å². The molecule has 0 heterocycles. The third-order valence-electron chi connectivity index (χ3n) is 5.31. The highest BCUT2D eigenvalue weighted by molar-refractivity contribution is 7.92. The van der Waals surface area contributed by atoms with E-state index in [1.165, 1.54) is 11.0 Å². The predicted octanol–water partition coefficient (Wildman–Crippen LogP) is 3.75. The van der Waals surface area contributed by atoms with Gasteiger partial charge in [0, 0.05) is 18.1 Å². The third kappa shape index (κ3) is 7.75. The fraction of sp³-hybridized carbons (Fsp3) is 0.417. The summed E-state index contributed by atoms with van der Waals surface area (Å²) in [5.74, 6) is -0.764. The van der Waals surface area contributed by atoms with Gasteiger partial charge in [0.2, 0.25) is 21.8 Å². The van der Waals surface area contributed by atoms with Crippen molar-refractivity contribution in [3.63, 3.8) is 0 Å². The number of unbranched alkanes of at least 4 members (excludes halogenated alkanes) is 1. The number of amides is 2. The van der Waals surface area contributed by atoms with E-state index in [1.807, 2.05) is 37.3 Å². The Balaban J connectivity index is 2.36. The molecular formula is C24H32ClN3O4S. The average Bonchev–Trinajstić information content (AvgIpc) is 2.77. The van der Waals surface area contributed by atoms with Crippen molar-refractivity contribution in [3.8, 4) is 0 Å². The van der Waals surface area contributed by atoms with E-state index in [2.05, 4.69) is 5.32 Å². The predicted molar refractivity (Wildman–Crippen MR) is 133 cm³/mol. The van der Waals surface area contributed by atoms with Gasteiger partial charge in [-0.15, -0.1) is 0 Å². The molecule has 1 N–H and O–H groups in total. The molecule has 2 rings (SSSR count). The molecule has 0 aliphatic rings. The number of benzene rings is 2. The van der Waals surface area contributed by atoms with E-state index in [0.717, 1.165) is 29.0 Å². The SMILES string of the molecule is CCCCNC(=O)[C@H](C)N(Cc1ccccc1)C(=O)CN(c1cc(Cl)ccc1C)S(C)(=O)=O. The summed E-state index contributed by atoms with van der Waals surface area (Å²) in [7, 11) is -3.80. The monoisotopic (exact) mass is 493 g/mol. The molecule has 0 saturated heterocycles. The topological polar surface area (TPSA) is 86.8 Å². The van der Waals surface area contributed by atoms with Crippen molar-refractivity contribution in [2.45, 2.75) is 46.2 Å². The lowest BCUT2D eigenvalue weighted by Crippen LogP contribution is -2.51. The summed E-state index contributed by atoms with van der Waals surface area (Å²) in [5, 5.41) is 3.22. The molecule has 0 unspecified atom stereocenters. The van der Waals surface area contributed by atoms with Gasteiger partial charge in [-0.25, -0.2) is 8.42 Å². The van der Waals surface area contributed by atoms with Crippen molar-refractivity contribution in [2.75, 3.05) is 23.7 Å². The summed E-state index contributed by atoms with van der Waals surface area (Å²) in [4.78, 5) is 27.6. The second kappa shape index (κ2) is 12.0. The van der Waals surface area contributed by atoms with E-state index in [1.54, 1.807) is 26.0 Å². The molecule has 0 aromatic heterocycles. The molecule has 33 heavy (non-hydrogen) atoms. The van der Waals surface area contributed by atoms with Gasteiger partial charge in [-0.1, -0.05) is 61.3 Å². The summed E-state index contributed by atoms with van der Waals surface area (Å²) in [6.07, 6.45) is 2.81. The van der Waals surface area contributed by atoms with Gasteiger partial charge in [-0.3, -0.25) is 13.9 Å². The summed E-state index contributed by atoms with van der Waals surface area (Å²) in [5.41, 5.74) is 1.83. The number of halogens is 1. The van der Waals surface area contributed by atoms with Crippen LogP contribution < -0.4 is 9.62 Å². The second-order valence-electron chi connectivity index (χ2n) is 8.03. The van der Waals surface area contributed by atoms with E-state index < -0.39 is 28.5 Å². The third-order valence-corrected chi connectivity index (χ3v) is 6.67. The van der Waals surface area contributed by atoms with Crippen LogP contribution in [0.25, 0.3) is 0 Å². The minimum atomic E-state index is -3.80. The zero-order valence-corrected chi connectivity index (χ0v) is 21.1. The number of anilines is 1. The van der Waals surface area contributed by atoms with Crippen LogP contribution in [-0.4, -0.2) is 50.5 Å². The van der Waals surface area contributed by atoms with Gasteiger partial charge in [0.1, 0.15) is 12.6 Å². The highest BCUT2D eigenvalue weighted by atomic mass is 35.5. The maximum Gasteiger partial charge on any atom is 0.244 e. The number of hydrogen-bond acceptors (Lipinski definition) is 4. The van der Waals surface area contributed by atoms with E-state index in [0.29, 0.717) is 22.8 Å². The van der Waals surface area contributed by atoms with Gasteiger partial charge in [0.25, 0.3) is 0 Å². The first-order valence-electron chi connectivity index (χ1n) is 10.9. The van der Waals surface area contributed by atoms with Crippen LogP contribution in [0, 0.1) is 6.92 Å². The quantitative estimate of drug-likeness (QED) is 0.483. The molecule has 1 atom stereocenters. The molecule has 7 nitrogen and oxygen atoms in total. The molecule has 180 valence electrons. The molecule has 2 aromatic rings. The zero-order valence-electron chi connectivity index (χ0n) is 19.5. The molecular weight excluding hydrogens is 462 g/mol. The number of rotatable bonds is 11. The minimum absolute atomic E-state index is 0.175. The molecule has 0 spiro atoms. The van der Waals surface area contributed by atoms with Crippen molar-refractivity contribution in [1.82, 2.24) is 10.2 Å². The van der Waals surface area contributed by atoms with Crippen molar-refractivity contribution < 1.29 is 18.0 Å². The smallest absolute Gasteiger partial charge is 0.244 e. The molecule has 2 aromatic carbocycles. The molecule has 9 heteroatoms. The lowest BCUT2D eigenvalue weighted by atomic mass is 10.1. The zero-order chi connectivity index (χ0) is 24.6. The van der Waals surface area contributed by atoms with Gasteiger partial charge >= 0.3 is 0 Å². The molecule has 0 aliphatic carbocycles. The van der Waals surface area contributed by atoms with Gasteiger partial charge in [0.15, 0.2) is 0 Å². The molecule has 0 radical (unpaired) electrons. The number of carbonyl (C=O) groups is 2. The van der Waals surface area contributed by atoms with Gasteiger partial charge in [-0.2, -0.15) is 0 Å². The highest BCUT2D eigenvalue weighted by Crippen LogP contribution is 2.26. The first-order chi connectivity index (χ1) is 15.5. The van der Waals surface area contributed by atoms with Crippen LogP contribution >= 0.6 is 11.6 Å². The van der Waals surface area contributed by atoms with Crippen molar-refractivity contribution in [2.24, 2.45) is 0 Å². The molecule has 2 amide bonds. The summed E-state index contributed by atoms with van der Waals surface area (Å²) < 4.78 is 26.3. The summed E-state index contributed by atoms with van der Waals surface area (Å²) in [6.45, 7) is 5.67. The van der Waals surface area contributed by atoms with Crippen LogP contribution in [-0.2, 0) is 26.2 Å². The standard InChI is InChI=1S/C24H32ClN3O4S/c1-5-6-14-26-24(30)19(3)27(16-20-10-8-7-9-11-20)23(29)17-28(33(4,31)32)22-15-21(25)13-12-18(22)2/h7-13,15,19H,5-6,14,16-17H2,1-4H3,(H,26,30)/t19-/m0/s1. The number of aryl methyl sites for hydroxylation is 1. The maximum atomic E-state index is 13.5. The van der Waals surface area contributed by atoms with E-state index in [9.17, 15) is 18.0 Å². The minimum Gasteiger partial charge on any atom is -0.354 e. The fourth-order valence-electron chi connectivity index (χ4n) is 3.34. The average molecular weight is 494 g/mol. The number of nitrogens with zero attached hydrogens (tertiary/aromatic N) is 2. The van der Waals surface area contributed by atoms with Crippen LogP contribution in [0.15, 0.2) is 48.5 Å². The van der Waals surface area contributed by atoms with Gasteiger partial charge < -0.3 is 10.2 Å². The second-order valence-corrected chi connectivity index (χ2v) is 10.4. The Morgan fingerprint density at radius 3 is 2.39 bits per heavy atom. The van der Waals surface area contributed by atoms with Crippen molar-refractivity contribution in [3.05, 3.63) is 64.7 Å². The Bertz CT molecular complexity index is 1060. The van der Waals surface area contributed by atoms with E-state index in [4.69, 9.17) is 11.6 Å². The fourth-order valence-corrected chi connectivity index (χ4v) is 4.41. The maximum absolute atomic E-state index is 13.5. The highest BCUT2D eigenvalue weighted by Gasteiger charge is 2.30. The Labute approximate surface area is 201 Å². The lowest BCUT2D eigenvalue weighted by molar-refractivity contribution is -0.139. The first kappa shape index (κ1) is 26.7. The number of carbonyl (C=O) groups excluding carboxylic acids is 2. The van der Waals surface area contributed by atoms with Gasteiger partial charge in [0.05, 0.1) is 11.9 Å². The molecule has 0 saturated carbocycles. The van der Waals surface area contributed by atoms with Crippen LogP contribution in [0.2, 0.25) is 5.02 Å². The van der Waals surface area contributed by atoms with Crippen LogP contribution in [0.5, 0.6) is 0 Å². The molecule has 0 aliphatic heterocycles. The normalized spacial score (nSPS) is 12.2. The Morgan fingerprint density at radius 1 is 1.12 bits per heavy atom. The van der Waals surface area contributed by atoms with Crippen LogP contribution in [0.4, 0.5) is 5.69 Å². The Morgan fingerprint density at radius 2 is 1.79 bits per heavy atom. The number of sulfonamides is 1. The van der Waals surface area contributed by atoms with Crippen molar-refractivity contribution >= 4 is 39.1 Å². The largest absolute Gasteiger partial charge is 0.354 e. The Hall–Kier alpha value is -2.58. The van der Waals surface area contributed by atoms with Crippen molar-refractivity contribution in [1.29, 1.82) is 0 Å². The number of nitrogens with one attached hydrogen (secondary N) is 1. The van der Waals surface area contributed by atoms with Crippen LogP contribution in [0.3, 0.4) is 0 Å².